The fraction of sp³-hybridized carbons (Fsp3) is 0.600. The molecule has 0 bridgehead atoms. The lowest BCUT2D eigenvalue weighted by atomic mass is 10.1. The van der Waals surface area contributed by atoms with Gasteiger partial charge in [0.2, 0.25) is 5.91 Å². The quantitative estimate of drug-likeness (QED) is 0.205. The molecule has 0 saturated heterocycles. The molecule has 6 heteroatoms. The van der Waals surface area contributed by atoms with Crippen molar-refractivity contribution in [1.29, 1.82) is 0 Å². The van der Waals surface area contributed by atoms with E-state index >= 15 is 0 Å². The molecule has 0 heterocycles. The summed E-state index contributed by atoms with van der Waals surface area (Å²) in [4.78, 5) is 22.6. The molecule has 0 spiro atoms. The zero-order chi connectivity index (χ0) is 19.9. The first kappa shape index (κ1) is 24.5. The third-order valence-corrected chi connectivity index (χ3v) is 4.73. The number of thioether (sulfide) groups is 1. The molecule has 0 fully saturated rings. The van der Waals surface area contributed by atoms with Crippen LogP contribution in [0.15, 0.2) is 34.9 Å². The van der Waals surface area contributed by atoms with Crippen LogP contribution < -0.4 is 10.8 Å². The minimum atomic E-state index is -0.720. The van der Waals surface area contributed by atoms with Crippen LogP contribution in [0.5, 0.6) is 0 Å². The van der Waals surface area contributed by atoms with Crippen molar-refractivity contribution in [3.63, 3.8) is 0 Å². The Bertz CT molecular complexity index is 535. The number of hydrogen-bond acceptors (Lipinski definition) is 4. The standard InChI is InChI=1S/C20H34N2O3S/c1-15(2)8-6-9-16(3)10-7-11-17(4)12-13-26-14-19(20(24)22-25)21-18(5)23/h8,10,12,19,25H,6-7,9,11,13-14H2,1-5H3,(H,21,23)(H,22,24)/b16-10+,17-12+. The molecule has 2 amide bonds. The number of amides is 2. The number of rotatable bonds is 12. The van der Waals surface area contributed by atoms with E-state index in [2.05, 4.69) is 51.2 Å². The average molecular weight is 383 g/mol. The maximum Gasteiger partial charge on any atom is 0.266 e. The molecule has 0 radical (unpaired) electrons. The molecule has 0 aromatic heterocycles. The molecule has 1 atom stereocenters. The van der Waals surface area contributed by atoms with E-state index in [0.29, 0.717) is 5.75 Å². The molecule has 0 rings (SSSR count). The van der Waals surface area contributed by atoms with Crippen molar-refractivity contribution >= 4 is 23.6 Å². The molecule has 5 nitrogen and oxygen atoms in total. The van der Waals surface area contributed by atoms with E-state index < -0.39 is 11.9 Å². The van der Waals surface area contributed by atoms with E-state index in [-0.39, 0.29) is 5.91 Å². The van der Waals surface area contributed by atoms with Crippen molar-refractivity contribution in [3.8, 4) is 0 Å². The van der Waals surface area contributed by atoms with Gasteiger partial charge < -0.3 is 5.32 Å². The molecule has 0 aliphatic carbocycles. The molecule has 148 valence electrons. The first-order valence-corrected chi connectivity index (χ1v) is 10.1. The van der Waals surface area contributed by atoms with Gasteiger partial charge in [-0.05, 0) is 53.4 Å². The highest BCUT2D eigenvalue weighted by Gasteiger charge is 2.18. The maximum absolute atomic E-state index is 11.5. The van der Waals surface area contributed by atoms with Crippen molar-refractivity contribution in [2.75, 3.05) is 11.5 Å². The summed E-state index contributed by atoms with van der Waals surface area (Å²) < 4.78 is 0. The predicted octanol–water partition coefficient (Wildman–Crippen LogP) is 4.15. The summed E-state index contributed by atoms with van der Waals surface area (Å²) >= 11 is 1.54. The predicted molar refractivity (Wildman–Crippen MR) is 110 cm³/mol. The zero-order valence-electron chi connectivity index (χ0n) is 16.7. The first-order chi connectivity index (χ1) is 12.3. The highest BCUT2D eigenvalue weighted by molar-refractivity contribution is 7.99. The molecular formula is C20H34N2O3S. The Morgan fingerprint density at radius 2 is 1.54 bits per heavy atom. The van der Waals surface area contributed by atoms with Gasteiger partial charge in [-0.1, -0.05) is 34.9 Å². The van der Waals surface area contributed by atoms with Gasteiger partial charge in [-0.3, -0.25) is 14.8 Å². The van der Waals surface area contributed by atoms with Gasteiger partial charge in [0.15, 0.2) is 0 Å². The minimum Gasteiger partial charge on any atom is -0.344 e. The highest BCUT2D eigenvalue weighted by atomic mass is 32.2. The van der Waals surface area contributed by atoms with Crippen LogP contribution in [0.3, 0.4) is 0 Å². The van der Waals surface area contributed by atoms with Gasteiger partial charge in [-0.25, -0.2) is 5.48 Å². The Kier molecular flexibility index (Phi) is 13.8. The Morgan fingerprint density at radius 3 is 2.08 bits per heavy atom. The van der Waals surface area contributed by atoms with Crippen molar-refractivity contribution in [2.45, 2.75) is 66.3 Å². The molecule has 0 saturated carbocycles. The Labute approximate surface area is 162 Å². The fourth-order valence-corrected chi connectivity index (χ4v) is 3.24. The second-order valence-corrected chi connectivity index (χ2v) is 7.80. The van der Waals surface area contributed by atoms with Crippen molar-refractivity contribution < 1.29 is 14.8 Å². The van der Waals surface area contributed by atoms with Gasteiger partial charge in [0.05, 0.1) is 0 Å². The van der Waals surface area contributed by atoms with Gasteiger partial charge in [-0.2, -0.15) is 11.8 Å². The van der Waals surface area contributed by atoms with Crippen LogP contribution in [0.4, 0.5) is 0 Å². The Morgan fingerprint density at radius 1 is 0.962 bits per heavy atom. The van der Waals surface area contributed by atoms with Crippen molar-refractivity contribution in [1.82, 2.24) is 10.8 Å². The van der Waals surface area contributed by atoms with E-state index in [1.165, 1.54) is 23.6 Å². The van der Waals surface area contributed by atoms with Crippen molar-refractivity contribution in [2.24, 2.45) is 0 Å². The van der Waals surface area contributed by atoms with E-state index in [1.54, 1.807) is 17.2 Å². The van der Waals surface area contributed by atoms with Gasteiger partial charge in [0, 0.05) is 18.4 Å². The monoisotopic (exact) mass is 382 g/mol. The number of carbonyl (C=O) groups excluding carboxylic acids is 2. The first-order valence-electron chi connectivity index (χ1n) is 8.99. The molecule has 26 heavy (non-hydrogen) atoms. The number of allylic oxidation sites excluding steroid dienone is 5. The van der Waals surface area contributed by atoms with Crippen LogP contribution in [0.25, 0.3) is 0 Å². The number of hydrogen-bond donors (Lipinski definition) is 3. The van der Waals surface area contributed by atoms with Gasteiger partial charge in [-0.15, -0.1) is 0 Å². The van der Waals surface area contributed by atoms with Crippen LogP contribution >= 0.6 is 11.8 Å². The van der Waals surface area contributed by atoms with E-state index in [1.807, 2.05) is 0 Å². The molecule has 1 unspecified atom stereocenters. The van der Waals surface area contributed by atoms with E-state index in [0.717, 1.165) is 31.4 Å². The normalized spacial score (nSPS) is 13.2. The summed E-state index contributed by atoms with van der Waals surface area (Å²) in [6.45, 7) is 9.89. The Balaban J connectivity index is 4.14. The molecule has 3 N–H and O–H groups in total. The lowest BCUT2D eigenvalue weighted by Crippen LogP contribution is -2.46. The van der Waals surface area contributed by atoms with E-state index in [4.69, 9.17) is 5.21 Å². The summed E-state index contributed by atoms with van der Waals surface area (Å²) in [5.74, 6) is 0.294. The van der Waals surface area contributed by atoms with Gasteiger partial charge in [0.25, 0.3) is 5.91 Å². The minimum absolute atomic E-state index is 0.294. The smallest absolute Gasteiger partial charge is 0.266 e. The van der Waals surface area contributed by atoms with Crippen LogP contribution in [0.1, 0.15) is 60.3 Å². The third-order valence-electron chi connectivity index (χ3n) is 3.76. The lowest BCUT2D eigenvalue weighted by molar-refractivity contribution is -0.133. The molecule has 0 aliphatic heterocycles. The number of nitrogens with one attached hydrogen (secondary N) is 2. The largest absolute Gasteiger partial charge is 0.344 e. The highest BCUT2D eigenvalue weighted by Crippen LogP contribution is 2.13. The second kappa shape index (κ2) is 14.6. The summed E-state index contributed by atoms with van der Waals surface area (Å²) in [6, 6.07) is -0.720. The average Bonchev–Trinajstić information content (AvgIpc) is 2.56. The summed E-state index contributed by atoms with van der Waals surface area (Å²) in [7, 11) is 0. The maximum atomic E-state index is 11.5. The molecule has 0 aliphatic rings. The number of carbonyl (C=O) groups is 2. The van der Waals surface area contributed by atoms with Crippen LogP contribution in [-0.2, 0) is 9.59 Å². The Hall–Kier alpha value is -1.53. The van der Waals surface area contributed by atoms with Crippen LogP contribution in [-0.4, -0.2) is 34.6 Å². The van der Waals surface area contributed by atoms with Gasteiger partial charge >= 0.3 is 0 Å². The van der Waals surface area contributed by atoms with E-state index in [9.17, 15) is 9.59 Å². The van der Waals surface area contributed by atoms with Crippen LogP contribution in [0.2, 0.25) is 0 Å². The lowest BCUT2D eigenvalue weighted by Gasteiger charge is -2.14. The third kappa shape index (κ3) is 13.7. The summed E-state index contributed by atoms with van der Waals surface area (Å²) in [6.07, 6.45) is 11.0. The zero-order valence-corrected chi connectivity index (χ0v) is 17.5. The summed E-state index contributed by atoms with van der Waals surface area (Å²) in [5.41, 5.74) is 5.70. The topological polar surface area (TPSA) is 78.4 Å². The SMILES string of the molecule is CC(=O)NC(CSC/C=C(\C)CC/C=C(\C)CCC=C(C)C)C(=O)NO. The second-order valence-electron chi connectivity index (χ2n) is 6.73. The fourth-order valence-electron chi connectivity index (χ4n) is 2.23. The number of hydroxylamine groups is 1. The summed E-state index contributed by atoms with van der Waals surface area (Å²) in [5, 5.41) is 11.2. The van der Waals surface area contributed by atoms with Crippen molar-refractivity contribution in [3.05, 3.63) is 34.9 Å². The molecule has 0 aromatic carbocycles. The van der Waals surface area contributed by atoms with Gasteiger partial charge in [0.1, 0.15) is 6.04 Å². The molecular weight excluding hydrogens is 348 g/mol. The molecule has 0 aromatic rings. The van der Waals surface area contributed by atoms with Crippen LogP contribution in [0, 0.1) is 0 Å².